The van der Waals surface area contributed by atoms with Gasteiger partial charge in [0.1, 0.15) is 0 Å². The summed E-state index contributed by atoms with van der Waals surface area (Å²) in [6.45, 7) is 4.04. The number of benzene rings is 1. The second-order valence-corrected chi connectivity index (χ2v) is 4.02. The van der Waals surface area contributed by atoms with E-state index in [1.165, 1.54) is 0 Å². The number of hydrogen-bond acceptors (Lipinski definition) is 3. The van der Waals surface area contributed by atoms with Crippen LogP contribution in [0.1, 0.15) is 35.3 Å². The van der Waals surface area contributed by atoms with Crippen molar-refractivity contribution in [1.29, 1.82) is 5.26 Å². The number of carbonyl (C=O) groups excluding carboxylic acids is 1. The molecule has 1 aromatic rings. The maximum atomic E-state index is 11.5. The Morgan fingerprint density at radius 2 is 2.19 bits per heavy atom. The molecule has 0 aliphatic rings. The maximum absolute atomic E-state index is 11.5. The van der Waals surface area contributed by atoms with Crippen LogP contribution >= 0.6 is 15.9 Å². The molecule has 0 bridgehead atoms. The molecule has 0 aliphatic carbocycles. The summed E-state index contributed by atoms with van der Waals surface area (Å²) >= 11 is 3.36. The molecule has 4 heteroatoms. The fourth-order valence-electron chi connectivity index (χ4n) is 1.43. The second-order valence-electron chi connectivity index (χ2n) is 3.17. The van der Waals surface area contributed by atoms with Crippen LogP contribution in [0.25, 0.3) is 0 Å². The third kappa shape index (κ3) is 2.61. The zero-order valence-electron chi connectivity index (χ0n) is 9.21. The van der Waals surface area contributed by atoms with Gasteiger partial charge in [-0.2, -0.15) is 5.26 Å². The molecule has 1 aromatic carbocycles. The normalized spacial score (nSPS) is 9.62. The third-order valence-corrected chi connectivity index (χ3v) is 2.89. The first-order chi connectivity index (χ1) is 7.63. The van der Waals surface area contributed by atoms with Crippen LogP contribution in [-0.4, -0.2) is 12.6 Å². The van der Waals surface area contributed by atoms with Crippen LogP contribution < -0.4 is 0 Å². The molecule has 0 aromatic heterocycles. The standard InChI is InChI=1S/C12H12BrNO2/c1-3-10-9(7-14)5-8(6-11(10)13)12(15)16-4-2/h5-6H,3-4H2,1-2H3. The molecular formula is C12H12BrNO2. The number of carbonyl (C=O) groups is 1. The molecule has 0 heterocycles. The fraction of sp³-hybridized carbons (Fsp3) is 0.333. The lowest BCUT2D eigenvalue weighted by molar-refractivity contribution is 0.0526. The van der Waals surface area contributed by atoms with E-state index in [1.807, 2.05) is 6.92 Å². The molecule has 0 radical (unpaired) electrons. The van der Waals surface area contributed by atoms with Gasteiger partial charge in [0.05, 0.1) is 23.8 Å². The number of esters is 1. The van der Waals surface area contributed by atoms with E-state index in [2.05, 4.69) is 22.0 Å². The van der Waals surface area contributed by atoms with Crippen molar-refractivity contribution >= 4 is 21.9 Å². The Morgan fingerprint density at radius 1 is 1.50 bits per heavy atom. The lowest BCUT2D eigenvalue weighted by atomic mass is 10.0. The molecular weight excluding hydrogens is 270 g/mol. The Morgan fingerprint density at radius 3 is 2.69 bits per heavy atom. The Bertz CT molecular complexity index is 449. The van der Waals surface area contributed by atoms with E-state index >= 15 is 0 Å². The van der Waals surface area contributed by atoms with Gasteiger partial charge >= 0.3 is 5.97 Å². The number of rotatable bonds is 3. The van der Waals surface area contributed by atoms with Crippen molar-refractivity contribution in [3.8, 4) is 6.07 Å². The quantitative estimate of drug-likeness (QED) is 0.800. The Labute approximate surface area is 103 Å². The van der Waals surface area contributed by atoms with Crippen LogP contribution in [0, 0.1) is 11.3 Å². The molecule has 84 valence electrons. The van der Waals surface area contributed by atoms with E-state index in [0.29, 0.717) is 17.7 Å². The minimum Gasteiger partial charge on any atom is -0.462 e. The van der Waals surface area contributed by atoms with Gasteiger partial charge in [0.2, 0.25) is 0 Å². The first-order valence-corrected chi connectivity index (χ1v) is 5.82. The van der Waals surface area contributed by atoms with Crippen LogP contribution in [0.4, 0.5) is 0 Å². The molecule has 0 aliphatic heterocycles. The minimum absolute atomic E-state index is 0.327. The van der Waals surface area contributed by atoms with Crippen LogP contribution in [0.15, 0.2) is 16.6 Å². The molecule has 0 N–H and O–H groups in total. The Hall–Kier alpha value is -1.34. The van der Waals surface area contributed by atoms with Crippen LogP contribution in [-0.2, 0) is 11.2 Å². The van der Waals surface area contributed by atoms with Crippen molar-refractivity contribution in [3.05, 3.63) is 33.3 Å². The molecule has 0 fully saturated rings. The Kier molecular flexibility index (Phi) is 4.51. The van der Waals surface area contributed by atoms with Gasteiger partial charge in [-0.25, -0.2) is 4.79 Å². The van der Waals surface area contributed by atoms with Gasteiger partial charge < -0.3 is 4.74 Å². The van der Waals surface area contributed by atoms with Gasteiger partial charge in [-0.3, -0.25) is 0 Å². The van der Waals surface area contributed by atoms with Crippen molar-refractivity contribution < 1.29 is 9.53 Å². The SMILES string of the molecule is CCOC(=O)c1cc(Br)c(CC)c(C#N)c1. The molecule has 1 rings (SSSR count). The predicted molar refractivity (Wildman–Crippen MR) is 64.2 cm³/mol. The van der Waals surface area contributed by atoms with E-state index in [9.17, 15) is 4.79 Å². The molecule has 16 heavy (non-hydrogen) atoms. The average molecular weight is 282 g/mol. The number of hydrogen-bond donors (Lipinski definition) is 0. The lowest BCUT2D eigenvalue weighted by Gasteiger charge is -2.07. The second kappa shape index (κ2) is 5.66. The van der Waals surface area contributed by atoms with E-state index in [1.54, 1.807) is 19.1 Å². The van der Waals surface area contributed by atoms with Crippen molar-refractivity contribution in [2.45, 2.75) is 20.3 Å². The van der Waals surface area contributed by atoms with Gasteiger partial charge in [0.25, 0.3) is 0 Å². The molecule has 3 nitrogen and oxygen atoms in total. The highest BCUT2D eigenvalue weighted by Crippen LogP contribution is 2.23. The number of nitrogens with zero attached hydrogens (tertiary/aromatic N) is 1. The maximum Gasteiger partial charge on any atom is 0.338 e. The summed E-state index contributed by atoms with van der Waals surface area (Å²) in [6, 6.07) is 5.35. The van der Waals surface area contributed by atoms with Crippen molar-refractivity contribution in [1.82, 2.24) is 0 Å². The van der Waals surface area contributed by atoms with Crippen LogP contribution in [0.2, 0.25) is 0 Å². The monoisotopic (exact) mass is 281 g/mol. The third-order valence-electron chi connectivity index (χ3n) is 2.18. The largest absolute Gasteiger partial charge is 0.462 e. The molecule has 0 saturated carbocycles. The molecule has 0 amide bonds. The summed E-state index contributed by atoms with van der Waals surface area (Å²) in [7, 11) is 0. The predicted octanol–water partition coefficient (Wildman–Crippen LogP) is 3.06. The summed E-state index contributed by atoms with van der Waals surface area (Å²) in [5.41, 5.74) is 1.83. The first kappa shape index (κ1) is 12.7. The van der Waals surface area contributed by atoms with Crippen molar-refractivity contribution in [3.63, 3.8) is 0 Å². The fourth-order valence-corrected chi connectivity index (χ4v) is 2.17. The average Bonchev–Trinajstić information content (AvgIpc) is 2.28. The first-order valence-electron chi connectivity index (χ1n) is 5.03. The van der Waals surface area contributed by atoms with Gasteiger partial charge in [-0.15, -0.1) is 0 Å². The van der Waals surface area contributed by atoms with Gasteiger partial charge in [-0.05, 0) is 31.0 Å². The van der Waals surface area contributed by atoms with E-state index < -0.39 is 5.97 Å². The molecule has 0 spiro atoms. The smallest absolute Gasteiger partial charge is 0.338 e. The van der Waals surface area contributed by atoms with E-state index in [4.69, 9.17) is 10.00 Å². The molecule has 0 atom stereocenters. The number of nitriles is 1. The highest BCUT2D eigenvalue weighted by Gasteiger charge is 2.13. The topological polar surface area (TPSA) is 50.1 Å². The van der Waals surface area contributed by atoms with Crippen LogP contribution in [0.3, 0.4) is 0 Å². The van der Waals surface area contributed by atoms with Crippen molar-refractivity contribution in [2.75, 3.05) is 6.61 Å². The zero-order chi connectivity index (χ0) is 12.1. The highest BCUT2D eigenvalue weighted by atomic mass is 79.9. The molecule has 0 saturated heterocycles. The van der Waals surface area contributed by atoms with E-state index in [0.717, 1.165) is 16.5 Å². The van der Waals surface area contributed by atoms with Gasteiger partial charge in [-0.1, -0.05) is 22.9 Å². The lowest BCUT2D eigenvalue weighted by Crippen LogP contribution is -2.06. The highest BCUT2D eigenvalue weighted by molar-refractivity contribution is 9.10. The minimum atomic E-state index is -0.401. The van der Waals surface area contributed by atoms with Gasteiger partial charge in [0, 0.05) is 4.47 Å². The summed E-state index contributed by atoms with van der Waals surface area (Å²) in [5, 5.41) is 8.99. The number of halogens is 1. The van der Waals surface area contributed by atoms with Gasteiger partial charge in [0.15, 0.2) is 0 Å². The summed E-state index contributed by atoms with van der Waals surface area (Å²) in [4.78, 5) is 11.5. The Balaban J connectivity index is 3.21. The van der Waals surface area contributed by atoms with E-state index in [-0.39, 0.29) is 0 Å². The van der Waals surface area contributed by atoms with Crippen molar-refractivity contribution in [2.24, 2.45) is 0 Å². The summed E-state index contributed by atoms with van der Waals surface area (Å²) < 4.78 is 5.66. The zero-order valence-corrected chi connectivity index (χ0v) is 10.8. The summed E-state index contributed by atoms with van der Waals surface area (Å²) in [5.74, 6) is -0.401. The molecule has 0 unspecified atom stereocenters. The summed E-state index contributed by atoms with van der Waals surface area (Å²) in [6.07, 6.45) is 0.743. The van der Waals surface area contributed by atoms with Crippen LogP contribution in [0.5, 0.6) is 0 Å². The number of ether oxygens (including phenoxy) is 1.